The molecule has 0 aliphatic carbocycles. The van der Waals surface area contributed by atoms with Crippen LogP contribution in [0.3, 0.4) is 0 Å². The SMILES string of the molecule is CCOCC(C)NS(=O)(=O)c1ccc(S(N)(=O)=O)cc1. The minimum atomic E-state index is -3.84. The van der Waals surface area contributed by atoms with Gasteiger partial charge in [0.25, 0.3) is 0 Å². The van der Waals surface area contributed by atoms with Crippen molar-refractivity contribution in [2.75, 3.05) is 13.2 Å². The Labute approximate surface area is 119 Å². The van der Waals surface area contributed by atoms with Gasteiger partial charge in [-0.15, -0.1) is 0 Å². The van der Waals surface area contributed by atoms with Crippen molar-refractivity contribution < 1.29 is 21.6 Å². The molecular formula is C11H18N2O5S2. The van der Waals surface area contributed by atoms with Gasteiger partial charge in [0.15, 0.2) is 0 Å². The van der Waals surface area contributed by atoms with E-state index in [4.69, 9.17) is 9.88 Å². The highest BCUT2D eigenvalue weighted by molar-refractivity contribution is 7.89. The third kappa shape index (κ3) is 4.84. The van der Waals surface area contributed by atoms with Crippen LogP contribution in [0.4, 0.5) is 0 Å². The molecule has 1 unspecified atom stereocenters. The number of sulfonamides is 2. The topological polar surface area (TPSA) is 116 Å². The lowest BCUT2D eigenvalue weighted by molar-refractivity contribution is 0.133. The first kappa shape index (κ1) is 17.1. The molecule has 1 aromatic carbocycles. The number of hydrogen-bond donors (Lipinski definition) is 2. The molecule has 0 amide bonds. The second-order valence-electron chi connectivity index (χ2n) is 4.20. The minimum Gasteiger partial charge on any atom is -0.380 e. The van der Waals surface area contributed by atoms with Crippen LogP contribution < -0.4 is 9.86 Å². The zero-order chi connectivity index (χ0) is 15.4. The Kier molecular flexibility index (Phi) is 5.66. The van der Waals surface area contributed by atoms with Crippen LogP contribution in [0.25, 0.3) is 0 Å². The molecule has 0 radical (unpaired) electrons. The van der Waals surface area contributed by atoms with Crippen molar-refractivity contribution in [3.63, 3.8) is 0 Å². The molecule has 0 fully saturated rings. The van der Waals surface area contributed by atoms with E-state index < -0.39 is 26.1 Å². The Morgan fingerprint density at radius 3 is 2.10 bits per heavy atom. The van der Waals surface area contributed by atoms with Gasteiger partial charge in [-0.1, -0.05) is 0 Å². The molecule has 1 rings (SSSR count). The fraction of sp³-hybridized carbons (Fsp3) is 0.455. The van der Waals surface area contributed by atoms with E-state index in [-0.39, 0.29) is 16.4 Å². The van der Waals surface area contributed by atoms with Gasteiger partial charge in [0.1, 0.15) is 0 Å². The van der Waals surface area contributed by atoms with Crippen molar-refractivity contribution in [3.05, 3.63) is 24.3 Å². The van der Waals surface area contributed by atoms with Crippen LogP contribution in [0.2, 0.25) is 0 Å². The van der Waals surface area contributed by atoms with Gasteiger partial charge < -0.3 is 4.74 Å². The highest BCUT2D eigenvalue weighted by Gasteiger charge is 2.18. The molecule has 3 N–H and O–H groups in total. The van der Waals surface area contributed by atoms with Crippen molar-refractivity contribution in [1.82, 2.24) is 4.72 Å². The zero-order valence-electron chi connectivity index (χ0n) is 11.2. The van der Waals surface area contributed by atoms with Crippen molar-refractivity contribution in [1.29, 1.82) is 0 Å². The molecule has 0 saturated heterocycles. The summed E-state index contributed by atoms with van der Waals surface area (Å²) in [5.41, 5.74) is 0. The van der Waals surface area contributed by atoms with Gasteiger partial charge in [-0.2, -0.15) is 0 Å². The summed E-state index contributed by atoms with van der Waals surface area (Å²) in [6, 6.07) is 4.29. The molecule has 114 valence electrons. The van der Waals surface area contributed by atoms with Crippen molar-refractivity contribution in [3.8, 4) is 0 Å². The summed E-state index contributed by atoms with van der Waals surface area (Å²) in [4.78, 5) is -0.174. The van der Waals surface area contributed by atoms with Crippen molar-refractivity contribution >= 4 is 20.0 Å². The Morgan fingerprint density at radius 2 is 1.65 bits per heavy atom. The second kappa shape index (κ2) is 6.64. The third-order valence-corrected chi connectivity index (χ3v) is 4.93. The van der Waals surface area contributed by atoms with E-state index in [9.17, 15) is 16.8 Å². The van der Waals surface area contributed by atoms with Crippen LogP contribution in [-0.4, -0.2) is 36.1 Å². The summed E-state index contributed by atoms with van der Waals surface area (Å²) in [7, 11) is -7.55. The number of hydrogen-bond acceptors (Lipinski definition) is 5. The highest BCUT2D eigenvalue weighted by atomic mass is 32.2. The molecule has 0 aromatic heterocycles. The largest absolute Gasteiger partial charge is 0.380 e. The fourth-order valence-corrected chi connectivity index (χ4v) is 3.21. The molecule has 7 nitrogen and oxygen atoms in total. The molecule has 1 aromatic rings. The van der Waals surface area contributed by atoms with Crippen LogP contribution in [0.15, 0.2) is 34.1 Å². The molecule has 0 spiro atoms. The van der Waals surface area contributed by atoms with E-state index in [2.05, 4.69) is 4.72 Å². The molecule has 9 heteroatoms. The van der Waals surface area contributed by atoms with E-state index in [1.54, 1.807) is 6.92 Å². The average molecular weight is 322 g/mol. The van der Waals surface area contributed by atoms with Gasteiger partial charge >= 0.3 is 0 Å². The summed E-state index contributed by atoms with van der Waals surface area (Å²) >= 11 is 0. The lowest BCUT2D eigenvalue weighted by Gasteiger charge is -2.14. The van der Waals surface area contributed by atoms with Gasteiger partial charge in [0.2, 0.25) is 20.0 Å². The van der Waals surface area contributed by atoms with E-state index in [1.807, 2.05) is 6.92 Å². The second-order valence-corrected chi connectivity index (χ2v) is 7.47. The number of benzene rings is 1. The zero-order valence-corrected chi connectivity index (χ0v) is 12.9. The van der Waals surface area contributed by atoms with Crippen molar-refractivity contribution in [2.24, 2.45) is 5.14 Å². The number of nitrogens with one attached hydrogen (secondary N) is 1. The summed E-state index contributed by atoms with van der Waals surface area (Å²) in [5.74, 6) is 0. The Hall–Kier alpha value is -1.00. The van der Waals surface area contributed by atoms with Crippen LogP contribution in [0.1, 0.15) is 13.8 Å². The molecule has 0 bridgehead atoms. The molecule has 20 heavy (non-hydrogen) atoms. The predicted octanol–water partition coefficient (Wildman–Crippen LogP) is 0.0373. The van der Waals surface area contributed by atoms with Gasteiger partial charge in [0.05, 0.1) is 16.4 Å². The molecule has 1 atom stereocenters. The Balaban J connectivity index is 2.88. The van der Waals surface area contributed by atoms with Crippen LogP contribution in [-0.2, 0) is 24.8 Å². The maximum Gasteiger partial charge on any atom is 0.240 e. The summed E-state index contributed by atoms with van der Waals surface area (Å²) < 4.78 is 53.8. The number of nitrogens with two attached hydrogens (primary N) is 1. The first-order valence-electron chi connectivity index (χ1n) is 5.89. The summed E-state index contributed by atoms with van der Waals surface area (Å²) in [5, 5.41) is 4.94. The quantitative estimate of drug-likeness (QED) is 0.735. The smallest absolute Gasteiger partial charge is 0.240 e. The first-order valence-corrected chi connectivity index (χ1v) is 8.92. The Bertz CT molecular complexity index is 638. The maximum atomic E-state index is 12.0. The molecule has 0 aliphatic heterocycles. The maximum absolute atomic E-state index is 12.0. The van der Waals surface area contributed by atoms with Gasteiger partial charge in [-0.05, 0) is 38.1 Å². The molecular weight excluding hydrogens is 304 g/mol. The van der Waals surface area contributed by atoms with E-state index in [0.29, 0.717) is 6.61 Å². The summed E-state index contributed by atoms with van der Waals surface area (Å²) in [6.45, 7) is 4.24. The van der Waals surface area contributed by atoms with Crippen LogP contribution in [0, 0.1) is 0 Å². The predicted molar refractivity (Wildman–Crippen MR) is 74.1 cm³/mol. The van der Waals surface area contributed by atoms with E-state index >= 15 is 0 Å². The minimum absolute atomic E-state index is 0.0340. The number of ether oxygens (including phenoxy) is 1. The number of rotatable bonds is 7. The standard InChI is InChI=1S/C11H18N2O5S2/c1-3-18-8-9(2)13-20(16,17)11-6-4-10(5-7-11)19(12,14)15/h4-7,9,13H,3,8H2,1-2H3,(H2,12,14,15). The molecule has 0 aliphatic rings. The van der Waals surface area contributed by atoms with Crippen LogP contribution >= 0.6 is 0 Å². The first-order chi connectivity index (χ1) is 9.16. The van der Waals surface area contributed by atoms with Crippen molar-refractivity contribution in [2.45, 2.75) is 29.7 Å². The average Bonchev–Trinajstić information content (AvgIpc) is 2.35. The van der Waals surface area contributed by atoms with Gasteiger partial charge in [0, 0.05) is 12.6 Å². The number of primary sulfonamides is 1. The van der Waals surface area contributed by atoms with Crippen LogP contribution in [0.5, 0.6) is 0 Å². The molecule has 0 heterocycles. The third-order valence-electron chi connectivity index (χ3n) is 2.39. The summed E-state index contributed by atoms with van der Waals surface area (Å²) in [6.07, 6.45) is 0. The Morgan fingerprint density at radius 1 is 1.15 bits per heavy atom. The lowest BCUT2D eigenvalue weighted by Crippen LogP contribution is -2.35. The monoisotopic (exact) mass is 322 g/mol. The van der Waals surface area contributed by atoms with E-state index in [0.717, 1.165) is 12.1 Å². The normalized spacial score (nSPS) is 14.2. The molecule has 0 saturated carbocycles. The fourth-order valence-electron chi connectivity index (χ4n) is 1.47. The van der Waals surface area contributed by atoms with E-state index in [1.165, 1.54) is 12.1 Å². The van der Waals surface area contributed by atoms with Gasteiger partial charge in [-0.3, -0.25) is 0 Å². The highest BCUT2D eigenvalue weighted by Crippen LogP contribution is 2.13. The van der Waals surface area contributed by atoms with Gasteiger partial charge in [-0.25, -0.2) is 26.7 Å². The lowest BCUT2D eigenvalue weighted by atomic mass is 10.4.